The van der Waals surface area contributed by atoms with Crippen LogP contribution < -0.4 is 5.32 Å². The molecule has 4 rings (SSSR count). The number of carbonyl (C=O) groups is 2. The van der Waals surface area contributed by atoms with Gasteiger partial charge in [0.25, 0.3) is 0 Å². The largest absolute Gasteiger partial charge is 0.478 e. The number of anilines is 1. The Labute approximate surface area is 144 Å². The number of amides is 2. The van der Waals surface area contributed by atoms with Gasteiger partial charge in [-0.3, -0.25) is 0 Å². The summed E-state index contributed by atoms with van der Waals surface area (Å²) in [4.78, 5) is 28.9. The molecule has 1 aliphatic rings. The summed E-state index contributed by atoms with van der Waals surface area (Å²) >= 11 is 0. The maximum Gasteiger partial charge on any atom is 0.336 e. The van der Waals surface area contributed by atoms with Gasteiger partial charge in [-0.2, -0.15) is 0 Å². The lowest BCUT2D eigenvalue weighted by Gasteiger charge is -2.29. The fraction of sp³-hybridized carbons (Fsp3) is 0.158. The van der Waals surface area contributed by atoms with E-state index < -0.39 is 5.97 Å². The highest BCUT2D eigenvalue weighted by atomic mass is 16.4. The van der Waals surface area contributed by atoms with Crippen LogP contribution in [0, 0.1) is 0 Å². The summed E-state index contributed by atoms with van der Waals surface area (Å²) in [5.41, 5.74) is 3.65. The van der Waals surface area contributed by atoms with Gasteiger partial charge in [0.15, 0.2) is 0 Å². The Hall–Kier alpha value is -3.28. The summed E-state index contributed by atoms with van der Waals surface area (Å²) in [5.74, 6) is -0.962. The smallest absolute Gasteiger partial charge is 0.336 e. The van der Waals surface area contributed by atoms with Crippen molar-refractivity contribution < 1.29 is 14.7 Å². The van der Waals surface area contributed by atoms with Crippen molar-refractivity contribution in [3.05, 3.63) is 65.4 Å². The van der Waals surface area contributed by atoms with E-state index in [2.05, 4.69) is 10.3 Å². The molecule has 2 heterocycles. The van der Waals surface area contributed by atoms with Gasteiger partial charge in [0.05, 0.1) is 11.3 Å². The molecule has 6 heteroatoms. The highest BCUT2D eigenvalue weighted by Gasteiger charge is 2.25. The zero-order chi connectivity index (χ0) is 17.4. The summed E-state index contributed by atoms with van der Waals surface area (Å²) in [6.45, 7) is 0.857. The monoisotopic (exact) mass is 335 g/mol. The molecular formula is C19H17N3O3. The van der Waals surface area contributed by atoms with Crippen molar-refractivity contribution in [3.8, 4) is 0 Å². The van der Waals surface area contributed by atoms with Crippen LogP contribution in [0.3, 0.4) is 0 Å². The molecule has 3 N–H and O–H groups in total. The van der Waals surface area contributed by atoms with Gasteiger partial charge in [-0.25, -0.2) is 9.59 Å². The highest BCUT2D eigenvalue weighted by Crippen LogP contribution is 2.26. The molecule has 0 fully saturated rings. The fourth-order valence-electron chi connectivity index (χ4n) is 3.32. The Bertz CT molecular complexity index is 977. The van der Waals surface area contributed by atoms with Crippen LogP contribution in [0.25, 0.3) is 10.9 Å². The van der Waals surface area contributed by atoms with E-state index in [9.17, 15) is 14.7 Å². The normalized spacial score (nSPS) is 13.5. The third kappa shape index (κ3) is 2.71. The molecule has 25 heavy (non-hydrogen) atoms. The second kappa shape index (κ2) is 5.98. The number of carboxylic acids is 1. The number of hydrogen-bond donors (Lipinski definition) is 3. The van der Waals surface area contributed by atoms with Gasteiger partial charge in [0, 0.05) is 30.2 Å². The zero-order valence-electron chi connectivity index (χ0n) is 13.5. The van der Waals surface area contributed by atoms with Gasteiger partial charge in [0.2, 0.25) is 0 Å². The molecule has 1 aromatic heterocycles. The number of fused-ring (bicyclic) bond motifs is 2. The molecule has 0 bridgehead atoms. The van der Waals surface area contributed by atoms with E-state index in [0.29, 0.717) is 19.5 Å². The molecule has 1 aliphatic heterocycles. The topological polar surface area (TPSA) is 85.4 Å². The number of nitrogens with one attached hydrogen (secondary N) is 2. The van der Waals surface area contributed by atoms with Crippen molar-refractivity contribution in [2.45, 2.75) is 13.0 Å². The molecule has 0 radical (unpaired) electrons. The SMILES string of the molecule is O=C(O)c1cccc2c1CN(C(=O)Nc1c[nH]c3ccccc13)CC2. The first-order valence-corrected chi connectivity index (χ1v) is 8.09. The summed E-state index contributed by atoms with van der Waals surface area (Å²) < 4.78 is 0. The van der Waals surface area contributed by atoms with E-state index >= 15 is 0 Å². The number of para-hydroxylation sites is 1. The molecule has 0 saturated carbocycles. The summed E-state index contributed by atoms with van der Waals surface area (Å²) in [6, 6.07) is 12.8. The molecule has 0 aliphatic carbocycles. The van der Waals surface area contributed by atoms with Crippen molar-refractivity contribution in [1.29, 1.82) is 0 Å². The lowest BCUT2D eigenvalue weighted by atomic mass is 9.95. The van der Waals surface area contributed by atoms with Gasteiger partial charge in [-0.15, -0.1) is 0 Å². The molecule has 6 nitrogen and oxygen atoms in total. The third-order valence-corrected chi connectivity index (χ3v) is 4.62. The Balaban J connectivity index is 1.57. The third-order valence-electron chi connectivity index (χ3n) is 4.62. The van der Waals surface area contributed by atoms with E-state index in [1.165, 1.54) is 0 Å². The minimum atomic E-state index is -0.962. The van der Waals surface area contributed by atoms with Gasteiger partial charge in [-0.05, 0) is 29.7 Å². The summed E-state index contributed by atoms with van der Waals surface area (Å²) in [7, 11) is 0. The Morgan fingerprint density at radius 3 is 2.80 bits per heavy atom. The lowest BCUT2D eigenvalue weighted by Crippen LogP contribution is -2.39. The Morgan fingerprint density at radius 2 is 1.96 bits per heavy atom. The van der Waals surface area contributed by atoms with Crippen molar-refractivity contribution in [3.63, 3.8) is 0 Å². The molecule has 0 saturated heterocycles. The Kier molecular flexibility index (Phi) is 3.65. The fourth-order valence-corrected chi connectivity index (χ4v) is 3.32. The maximum absolute atomic E-state index is 12.7. The molecular weight excluding hydrogens is 318 g/mol. The average molecular weight is 335 g/mol. The van der Waals surface area contributed by atoms with Crippen molar-refractivity contribution in [2.75, 3.05) is 11.9 Å². The predicted octanol–water partition coefficient (Wildman–Crippen LogP) is 3.46. The molecule has 126 valence electrons. The number of H-pyrrole nitrogens is 1. The molecule has 0 unspecified atom stereocenters. The molecule has 3 aromatic rings. The van der Waals surface area contributed by atoms with Gasteiger partial charge in [-0.1, -0.05) is 30.3 Å². The first-order chi connectivity index (χ1) is 12.1. The van der Waals surface area contributed by atoms with Crippen LogP contribution in [-0.2, 0) is 13.0 Å². The van der Waals surface area contributed by atoms with E-state index in [0.717, 1.165) is 27.7 Å². The van der Waals surface area contributed by atoms with Gasteiger partial charge in [0.1, 0.15) is 0 Å². The van der Waals surface area contributed by atoms with E-state index in [1.54, 1.807) is 23.2 Å². The standard InChI is InChI=1S/C19H17N3O3/c23-18(24)13-6-3-4-12-8-9-22(11-15(12)13)19(25)21-17-10-20-16-7-2-1-5-14(16)17/h1-7,10,20H,8-9,11H2,(H,21,25)(H,23,24). The van der Waals surface area contributed by atoms with E-state index in [4.69, 9.17) is 0 Å². The minimum Gasteiger partial charge on any atom is -0.478 e. The number of urea groups is 1. The van der Waals surface area contributed by atoms with Gasteiger partial charge < -0.3 is 20.3 Å². The second-order valence-electron chi connectivity index (χ2n) is 6.10. The maximum atomic E-state index is 12.7. The quantitative estimate of drug-likeness (QED) is 0.670. The number of rotatable bonds is 2. The summed E-state index contributed by atoms with van der Waals surface area (Å²) in [6.07, 6.45) is 2.42. The van der Waals surface area contributed by atoms with E-state index in [1.807, 2.05) is 30.3 Å². The first-order valence-electron chi connectivity index (χ1n) is 8.09. The number of carbonyl (C=O) groups excluding carboxylic acids is 1. The van der Waals surface area contributed by atoms with E-state index in [-0.39, 0.29) is 11.6 Å². The Morgan fingerprint density at radius 1 is 1.12 bits per heavy atom. The van der Waals surface area contributed by atoms with Crippen LogP contribution in [0.5, 0.6) is 0 Å². The number of aromatic amines is 1. The lowest BCUT2D eigenvalue weighted by molar-refractivity contribution is 0.0694. The number of hydrogen-bond acceptors (Lipinski definition) is 2. The van der Waals surface area contributed by atoms with Crippen LogP contribution in [0.4, 0.5) is 10.5 Å². The van der Waals surface area contributed by atoms with Crippen LogP contribution in [-0.4, -0.2) is 33.5 Å². The molecule has 2 aromatic carbocycles. The summed E-state index contributed by atoms with van der Waals surface area (Å²) in [5, 5.41) is 13.2. The number of benzene rings is 2. The second-order valence-corrected chi connectivity index (χ2v) is 6.10. The number of aromatic carboxylic acids is 1. The molecule has 2 amide bonds. The van der Waals surface area contributed by atoms with Gasteiger partial charge >= 0.3 is 12.0 Å². The van der Waals surface area contributed by atoms with Crippen molar-refractivity contribution >= 4 is 28.6 Å². The number of aromatic nitrogens is 1. The molecule has 0 atom stereocenters. The number of carboxylic acid groups (broad SMARTS) is 1. The van der Waals surface area contributed by atoms with Crippen LogP contribution in [0.2, 0.25) is 0 Å². The average Bonchev–Trinajstić information content (AvgIpc) is 3.03. The van der Waals surface area contributed by atoms with Crippen LogP contribution in [0.15, 0.2) is 48.7 Å². The number of nitrogens with zero attached hydrogens (tertiary/aromatic N) is 1. The highest BCUT2D eigenvalue weighted by molar-refractivity contribution is 6.01. The minimum absolute atomic E-state index is 0.226. The predicted molar refractivity (Wildman–Crippen MR) is 94.8 cm³/mol. The molecule has 0 spiro atoms. The van der Waals surface area contributed by atoms with Crippen LogP contribution >= 0.6 is 0 Å². The van der Waals surface area contributed by atoms with Crippen molar-refractivity contribution in [2.24, 2.45) is 0 Å². The first kappa shape index (κ1) is 15.3. The van der Waals surface area contributed by atoms with Crippen molar-refractivity contribution in [1.82, 2.24) is 9.88 Å². The zero-order valence-corrected chi connectivity index (χ0v) is 13.5. The van der Waals surface area contributed by atoms with Crippen LogP contribution in [0.1, 0.15) is 21.5 Å².